The quantitative estimate of drug-likeness (QED) is 0.896. The zero-order chi connectivity index (χ0) is 18.3. The molecule has 4 rings (SSSR count). The predicted octanol–water partition coefficient (Wildman–Crippen LogP) is 2.80. The highest BCUT2D eigenvalue weighted by molar-refractivity contribution is 5.96. The third-order valence-electron chi connectivity index (χ3n) is 5.54. The first-order chi connectivity index (χ1) is 12.6. The van der Waals surface area contributed by atoms with E-state index in [0.717, 1.165) is 22.8 Å². The minimum atomic E-state index is 0.0908. The van der Waals surface area contributed by atoms with Gasteiger partial charge in [-0.1, -0.05) is 17.7 Å². The summed E-state index contributed by atoms with van der Waals surface area (Å²) in [5.74, 6) is 2.81. The second kappa shape index (κ2) is 6.83. The fourth-order valence-corrected chi connectivity index (χ4v) is 3.93. The highest BCUT2D eigenvalue weighted by Crippen LogP contribution is 2.39. The van der Waals surface area contributed by atoms with E-state index < -0.39 is 0 Å². The number of carbonyl (C=O) groups is 1. The molecular formula is C20H26N4O2. The molecule has 0 radical (unpaired) electrons. The Morgan fingerprint density at radius 3 is 2.81 bits per heavy atom. The van der Waals surface area contributed by atoms with Crippen molar-refractivity contribution < 1.29 is 9.53 Å². The molecule has 0 spiro atoms. The summed E-state index contributed by atoms with van der Waals surface area (Å²) in [6, 6.07) is 6.00. The average Bonchev–Trinajstić information content (AvgIpc) is 3.19. The monoisotopic (exact) mass is 354 g/mol. The number of likely N-dealkylation sites (tertiary alicyclic amines) is 1. The van der Waals surface area contributed by atoms with Gasteiger partial charge < -0.3 is 9.64 Å². The minimum absolute atomic E-state index is 0.0908. The third kappa shape index (κ3) is 3.26. The molecule has 0 unspecified atom stereocenters. The van der Waals surface area contributed by atoms with E-state index in [2.05, 4.69) is 16.3 Å². The topological polar surface area (TPSA) is 71.1 Å². The lowest BCUT2D eigenvalue weighted by molar-refractivity contribution is 0.0774. The molecule has 2 aromatic rings. The number of benzene rings is 1. The van der Waals surface area contributed by atoms with Gasteiger partial charge in [-0.15, -0.1) is 0 Å². The number of nitrogens with one attached hydrogen (secondary N) is 1. The fourth-order valence-electron chi connectivity index (χ4n) is 3.93. The smallest absolute Gasteiger partial charge is 0.254 e. The van der Waals surface area contributed by atoms with Crippen molar-refractivity contribution >= 4 is 5.91 Å². The molecule has 2 heterocycles. The second-order valence-electron chi connectivity index (χ2n) is 7.70. The van der Waals surface area contributed by atoms with Crippen molar-refractivity contribution in [3.63, 3.8) is 0 Å². The van der Waals surface area contributed by atoms with Gasteiger partial charge in [0.25, 0.3) is 5.91 Å². The summed E-state index contributed by atoms with van der Waals surface area (Å²) in [6.07, 6.45) is 2.36. The Kier molecular flexibility index (Phi) is 4.53. The number of nitrogens with zero attached hydrogens (tertiary/aromatic N) is 3. The number of amides is 1. The molecule has 6 nitrogen and oxygen atoms in total. The molecular weight excluding hydrogens is 328 g/mol. The summed E-state index contributed by atoms with van der Waals surface area (Å²) in [5.41, 5.74) is 2.98. The van der Waals surface area contributed by atoms with Gasteiger partial charge in [-0.05, 0) is 38.3 Å². The number of aryl methyl sites for hydroxylation is 2. The predicted molar refractivity (Wildman–Crippen MR) is 98.3 cm³/mol. The molecule has 1 saturated carbocycles. The van der Waals surface area contributed by atoms with Crippen LogP contribution in [-0.2, 0) is 4.74 Å². The Morgan fingerprint density at radius 1 is 1.31 bits per heavy atom. The van der Waals surface area contributed by atoms with Gasteiger partial charge in [0, 0.05) is 43.5 Å². The third-order valence-corrected chi connectivity index (χ3v) is 5.54. The van der Waals surface area contributed by atoms with Gasteiger partial charge >= 0.3 is 0 Å². The molecule has 2 fully saturated rings. The fraction of sp³-hybridized carbons (Fsp3) is 0.550. The number of hydrogen-bond donors (Lipinski definition) is 1. The van der Waals surface area contributed by atoms with E-state index >= 15 is 0 Å². The Morgan fingerprint density at radius 2 is 2.12 bits per heavy atom. The van der Waals surface area contributed by atoms with Crippen LogP contribution in [0.1, 0.15) is 57.8 Å². The van der Waals surface area contributed by atoms with Crippen molar-refractivity contribution in [3.05, 3.63) is 46.5 Å². The summed E-state index contributed by atoms with van der Waals surface area (Å²) >= 11 is 0. The lowest BCUT2D eigenvalue weighted by Gasteiger charge is -2.18. The highest BCUT2D eigenvalue weighted by atomic mass is 16.5. The van der Waals surface area contributed by atoms with Gasteiger partial charge in [-0.2, -0.15) is 5.10 Å². The number of methoxy groups -OCH3 is 1. The van der Waals surface area contributed by atoms with Crippen molar-refractivity contribution in [1.29, 1.82) is 0 Å². The zero-order valence-corrected chi connectivity index (χ0v) is 15.7. The molecule has 138 valence electrons. The van der Waals surface area contributed by atoms with E-state index in [4.69, 9.17) is 9.72 Å². The van der Waals surface area contributed by atoms with Crippen LogP contribution in [-0.4, -0.2) is 52.8 Å². The van der Waals surface area contributed by atoms with Crippen LogP contribution in [0.4, 0.5) is 0 Å². The number of H-pyrrole nitrogens is 1. The maximum atomic E-state index is 13.1. The molecule has 1 amide bonds. The number of rotatable bonds is 5. The van der Waals surface area contributed by atoms with Crippen molar-refractivity contribution in [2.45, 2.75) is 38.5 Å². The van der Waals surface area contributed by atoms with Crippen LogP contribution in [0.2, 0.25) is 0 Å². The van der Waals surface area contributed by atoms with Gasteiger partial charge in [0.05, 0.1) is 6.61 Å². The van der Waals surface area contributed by atoms with E-state index in [1.165, 1.54) is 18.4 Å². The number of hydrogen-bond acceptors (Lipinski definition) is 4. The van der Waals surface area contributed by atoms with Crippen LogP contribution in [0, 0.1) is 19.8 Å². The van der Waals surface area contributed by atoms with E-state index in [9.17, 15) is 4.79 Å². The first-order valence-corrected chi connectivity index (χ1v) is 9.34. The molecule has 1 aliphatic carbocycles. The van der Waals surface area contributed by atoms with Crippen LogP contribution in [0.5, 0.6) is 0 Å². The van der Waals surface area contributed by atoms with E-state index in [-0.39, 0.29) is 17.7 Å². The van der Waals surface area contributed by atoms with Gasteiger partial charge in [0.15, 0.2) is 5.82 Å². The second-order valence-corrected chi connectivity index (χ2v) is 7.70. The number of ether oxygens (including phenoxy) is 1. The Labute approximate surface area is 154 Å². The summed E-state index contributed by atoms with van der Waals surface area (Å²) in [4.78, 5) is 19.7. The molecule has 2 atom stereocenters. The van der Waals surface area contributed by atoms with Crippen LogP contribution >= 0.6 is 0 Å². The molecule has 6 heteroatoms. The highest BCUT2D eigenvalue weighted by Gasteiger charge is 2.39. The Bertz CT molecular complexity index is 812. The van der Waals surface area contributed by atoms with Gasteiger partial charge in [-0.3, -0.25) is 9.89 Å². The molecule has 1 aromatic carbocycles. The van der Waals surface area contributed by atoms with Gasteiger partial charge in [0.2, 0.25) is 0 Å². The van der Waals surface area contributed by atoms with E-state index in [1.54, 1.807) is 7.11 Å². The molecule has 1 N–H and O–H groups in total. The van der Waals surface area contributed by atoms with Crippen LogP contribution in [0.25, 0.3) is 0 Å². The SMILES string of the molecule is COC[C@@H]1CN(C(=O)c2ccc(C)cc2C)C[C@H]1c1nc(C2CC2)n[nH]1. The lowest BCUT2D eigenvalue weighted by atomic mass is 9.96. The lowest BCUT2D eigenvalue weighted by Crippen LogP contribution is -2.30. The maximum absolute atomic E-state index is 13.1. The normalized spacial score (nSPS) is 22.8. The molecule has 0 bridgehead atoms. The van der Waals surface area contributed by atoms with Crippen LogP contribution < -0.4 is 0 Å². The van der Waals surface area contributed by atoms with Crippen molar-refractivity contribution in [2.75, 3.05) is 26.8 Å². The average molecular weight is 354 g/mol. The first kappa shape index (κ1) is 17.2. The molecule has 1 saturated heterocycles. The van der Waals surface area contributed by atoms with Crippen LogP contribution in [0.15, 0.2) is 18.2 Å². The van der Waals surface area contributed by atoms with E-state index in [0.29, 0.717) is 25.6 Å². The number of aromatic amines is 1. The zero-order valence-electron chi connectivity index (χ0n) is 15.7. The van der Waals surface area contributed by atoms with Crippen LogP contribution in [0.3, 0.4) is 0 Å². The van der Waals surface area contributed by atoms with Crippen molar-refractivity contribution in [2.24, 2.45) is 5.92 Å². The Balaban J connectivity index is 1.55. The summed E-state index contributed by atoms with van der Waals surface area (Å²) < 4.78 is 5.42. The summed E-state index contributed by atoms with van der Waals surface area (Å²) in [7, 11) is 1.71. The van der Waals surface area contributed by atoms with Crippen molar-refractivity contribution in [1.82, 2.24) is 20.1 Å². The standard InChI is InChI=1S/C20H26N4O2/c1-12-4-7-16(13(2)8-12)20(25)24-9-15(11-26-3)17(10-24)19-21-18(22-23-19)14-5-6-14/h4,7-8,14-15,17H,5-6,9-11H2,1-3H3,(H,21,22,23)/t15-,17+/m0/s1. The van der Waals surface area contributed by atoms with E-state index in [1.807, 2.05) is 30.9 Å². The minimum Gasteiger partial charge on any atom is -0.384 e. The molecule has 26 heavy (non-hydrogen) atoms. The van der Waals surface area contributed by atoms with Gasteiger partial charge in [0.1, 0.15) is 5.82 Å². The summed E-state index contributed by atoms with van der Waals surface area (Å²) in [5, 5.41) is 7.51. The molecule has 2 aliphatic rings. The summed E-state index contributed by atoms with van der Waals surface area (Å²) in [6.45, 7) is 5.99. The largest absolute Gasteiger partial charge is 0.384 e. The molecule has 1 aliphatic heterocycles. The molecule has 1 aromatic heterocycles. The van der Waals surface area contributed by atoms with Gasteiger partial charge in [-0.25, -0.2) is 4.98 Å². The Hall–Kier alpha value is -2.21. The van der Waals surface area contributed by atoms with Crippen molar-refractivity contribution in [3.8, 4) is 0 Å². The maximum Gasteiger partial charge on any atom is 0.254 e. The number of aromatic nitrogens is 3. The number of carbonyl (C=O) groups excluding carboxylic acids is 1. The first-order valence-electron chi connectivity index (χ1n) is 9.34.